The summed E-state index contributed by atoms with van der Waals surface area (Å²) < 4.78 is 0. The number of nitrogens with one attached hydrogen (secondary N) is 2. The standard InChI is InChI=1S/C12H15N7/c1-3-8-9(5-13)12(19-17-10(8)4-2)14-6-11-15-7-16-18-11/h7H,3-4,6H2,1-2H3,(H,14,19)(H,15,16,18). The fourth-order valence-electron chi connectivity index (χ4n) is 1.90. The maximum Gasteiger partial charge on any atom is 0.167 e. The Morgan fingerprint density at radius 3 is 2.74 bits per heavy atom. The molecule has 0 amide bonds. The van der Waals surface area contributed by atoms with Crippen LogP contribution in [0.4, 0.5) is 5.82 Å². The molecule has 0 saturated heterocycles. The van der Waals surface area contributed by atoms with Crippen LogP contribution < -0.4 is 5.32 Å². The third-order valence-electron chi connectivity index (χ3n) is 2.85. The summed E-state index contributed by atoms with van der Waals surface area (Å²) >= 11 is 0. The van der Waals surface area contributed by atoms with E-state index in [-0.39, 0.29) is 0 Å². The molecule has 0 atom stereocenters. The lowest BCUT2D eigenvalue weighted by molar-refractivity contribution is 0.861. The van der Waals surface area contributed by atoms with Gasteiger partial charge in [-0.3, -0.25) is 5.10 Å². The van der Waals surface area contributed by atoms with Gasteiger partial charge in [0.15, 0.2) is 5.82 Å². The van der Waals surface area contributed by atoms with Gasteiger partial charge in [-0.25, -0.2) is 4.98 Å². The van der Waals surface area contributed by atoms with Crippen LogP contribution in [0.25, 0.3) is 0 Å². The van der Waals surface area contributed by atoms with Crippen molar-refractivity contribution in [2.45, 2.75) is 33.2 Å². The number of hydrogen-bond acceptors (Lipinski definition) is 6. The van der Waals surface area contributed by atoms with Crippen LogP contribution in [0.2, 0.25) is 0 Å². The summed E-state index contributed by atoms with van der Waals surface area (Å²) in [6.45, 7) is 4.45. The van der Waals surface area contributed by atoms with Crippen LogP contribution >= 0.6 is 0 Å². The van der Waals surface area contributed by atoms with E-state index in [0.29, 0.717) is 23.8 Å². The van der Waals surface area contributed by atoms with Gasteiger partial charge in [-0.1, -0.05) is 13.8 Å². The zero-order valence-electron chi connectivity index (χ0n) is 10.9. The first kappa shape index (κ1) is 13.0. The van der Waals surface area contributed by atoms with Crippen molar-refractivity contribution >= 4 is 5.82 Å². The minimum absolute atomic E-state index is 0.429. The SMILES string of the molecule is CCc1nnc(NCc2ncn[nH]2)c(C#N)c1CC. The number of aromatic nitrogens is 5. The minimum Gasteiger partial charge on any atom is -0.360 e. The van der Waals surface area contributed by atoms with Crippen LogP contribution in [0.15, 0.2) is 6.33 Å². The monoisotopic (exact) mass is 257 g/mol. The van der Waals surface area contributed by atoms with E-state index in [1.807, 2.05) is 13.8 Å². The van der Waals surface area contributed by atoms with Crippen molar-refractivity contribution < 1.29 is 0 Å². The fourth-order valence-corrected chi connectivity index (χ4v) is 1.90. The van der Waals surface area contributed by atoms with Crippen LogP contribution in [-0.2, 0) is 19.4 Å². The van der Waals surface area contributed by atoms with E-state index >= 15 is 0 Å². The molecule has 0 aromatic carbocycles. The Labute approximate surface area is 111 Å². The molecule has 0 bridgehead atoms. The predicted octanol–water partition coefficient (Wildman–Crippen LogP) is 1.20. The molecule has 2 rings (SSSR count). The second kappa shape index (κ2) is 5.91. The summed E-state index contributed by atoms with van der Waals surface area (Å²) in [6, 6.07) is 2.21. The highest BCUT2D eigenvalue weighted by molar-refractivity contribution is 5.56. The van der Waals surface area contributed by atoms with Gasteiger partial charge in [-0.2, -0.15) is 15.5 Å². The first-order valence-corrected chi connectivity index (χ1v) is 6.16. The minimum atomic E-state index is 0.429. The Kier molecular flexibility index (Phi) is 4.03. The van der Waals surface area contributed by atoms with Crippen LogP contribution in [0, 0.1) is 11.3 Å². The van der Waals surface area contributed by atoms with Crippen molar-refractivity contribution in [3.05, 3.63) is 29.0 Å². The highest BCUT2D eigenvalue weighted by Crippen LogP contribution is 2.20. The van der Waals surface area contributed by atoms with Gasteiger partial charge in [0, 0.05) is 0 Å². The van der Waals surface area contributed by atoms with E-state index in [1.54, 1.807) is 0 Å². The lowest BCUT2D eigenvalue weighted by Gasteiger charge is -2.11. The van der Waals surface area contributed by atoms with Crippen LogP contribution in [0.3, 0.4) is 0 Å². The van der Waals surface area contributed by atoms with Crippen molar-refractivity contribution in [1.82, 2.24) is 25.4 Å². The molecule has 2 heterocycles. The zero-order chi connectivity index (χ0) is 13.7. The van der Waals surface area contributed by atoms with Crippen molar-refractivity contribution in [1.29, 1.82) is 5.26 Å². The lowest BCUT2D eigenvalue weighted by Crippen LogP contribution is -2.10. The van der Waals surface area contributed by atoms with Crippen LogP contribution in [-0.4, -0.2) is 25.4 Å². The largest absolute Gasteiger partial charge is 0.360 e. The Morgan fingerprint density at radius 1 is 1.32 bits per heavy atom. The molecule has 0 aliphatic carbocycles. The number of nitrogens with zero attached hydrogens (tertiary/aromatic N) is 5. The summed E-state index contributed by atoms with van der Waals surface area (Å²) in [5.41, 5.74) is 2.40. The fraction of sp³-hybridized carbons (Fsp3) is 0.417. The van der Waals surface area contributed by atoms with Crippen LogP contribution in [0.5, 0.6) is 0 Å². The number of aromatic amines is 1. The summed E-state index contributed by atoms with van der Waals surface area (Å²) in [4.78, 5) is 4.00. The van der Waals surface area contributed by atoms with E-state index in [4.69, 9.17) is 0 Å². The number of hydrogen-bond donors (Lipinski definition) is 2. The molecule has 0 aliphatic rings. The molecule has 19 heavy (non-hydrogen) atoms. The average Bonchev–Trinajstić information content (AvgIpc) is 2.96. The van der Waals surface area contributed by atoms with Gasteiger partial charge in [0.1, 0.15) is 23.8 Å². The molecular formula is C12H15N7. The molecule has 2 aromatic heterocycles. The number of rotatable bonds is 5. The molecule has 0 spiro atoms. The normalized spacial score (nSPS) is 10.2. The Hall–Kier alpha value is -2.49. The smallest absolute Gasteiger partial charge is 0.167 e. The number of anilines is 1. The molecule has 7 nitrogen and oxygen atoms in total. The molecule has 2 N–H and O–H groups in total. The molecule has 0 unspecified atom stereocenters. The number of H-pyrrole nitrogens is 1. The molecule has 98 valence electrons. The molecule has 0 fully saturated rings. The highest BCUT2D eigenvalue weighted by Gasteiger charge is 2.14. The quantitative estimate of drug-likeness (QED) is 0.834. The Morgan fingerprint density at radius 2 is 2.16 bits per heavy atom. The molecule has 0 radical (unpaired) electrons. The average molecular weight is 257 g/mol. The van der Waals surface area contributed by atoms with E-state index in [9.17, 15) is 5.26 Å². The van der Waals surface area contributed by atoms with E-state index in [2.05, 4.69) is 36.8 Å². The Bertz CT molecular complexity index is 583. The first-order chi connectivity index (χ1) is 9.30. The molecule has 2 aromatic rings. The van der Waals surface area contributed by atoms with Gasteiger partial charge in [-0.05, 0) is 18.4 Å². The lowest BCUT2D eigenvalue weighted by atomic mass is 10.0. The van der Waals surface area contributed by atoms with E-state index in [1.165, 1.54) is 6.33 Å². The Balaban J connectivity index is 2.28. The van der Waals surface area contributed by atoms with Gasteiger partial charge in [0.2, 0.25) is 0 Å². The summed E-state index contributed by atoms with van der Waals surface area (Å²) in [5, 5.41) is 27.1. The van der Waals surface area contributed by atoms with E-state index in [0.717, 1.165) is 24.1 Å². The molecule has 7 heteroatoms. The summed E-state index contributed by atoms with van der Waals surface area (Å²) in [6.07, 6.45) is 2.97. The topological polar surface area (TPSA) is 103 Å². The third-order valence-corrected chi connectivity index (χ3v) is 2.85. The summed E-state index contributed by atoms with van der Waals surface area (Å²) in [7, 11) is 0. The van der Waals surface area contributed by atoms with Gasteiger partial charge in [-0.15, -0.1) is 5.10 Å². The molecular weight excluding hydrogens is 242 g/mol. The summed E-state index contributed by atoms with van der Waals surface area (Å²) in [5.74, 6) is 1.18. The maximum atomic E-state index is 9.31. The maximum absolute atomic E-state index is 9.31. The predicted molar refractivity (Wildman–Crippen MR) is 69.2 cm³/mol. The highest BCUT2D eigenvalue weighted by atomic mass is 15.2. The second-order valence-electron chi connectivity index (χ2n) is 3.95. The van der Waals surface area contributed by atoms with E-state index < -0.39 is 0 Å². The molecule has 0 saturated carbocycles. The van der Waals surface area contributed by atoms with Gasteiger partial charge in [0.05, 0.1) is 12.2 Å². The first-order valence-electron chi connectivity index (χ1n) is 6.16. The number of nitriles is 1. The van der Waals surface area contributed by atoms with Gasteiger partial charge < -0.3 is 5.32 Å². The molecule has 0 aliphatic heterocycles. The second-order valence-corrected chi connectivity index (χ2v) is 3.95. The van der Waals surface area contributed by atoms with Crippen molar-refractivity contribution in [3.8, 4) is 6.07 Å². The van der Waals surface area contributed by atoms with Crippen molar-refractivity contribution in [2.24, 2.45) is 0 Å². The van der Waals surface area contributed by atoms with Crippen molar-refractivity contribution in [3.63, 3.8) is 0 Å². The zero-order valence-corrected chi connectivity index (χ0v) is 10.9. The van der Waals surface area contributed by atoms with Crippen LogP contribution in [0.1, 0.15) is 36.5 Å². The van der Waals surface area contributed by atoms with Gasteiger partial charge >= 0.3 is 0 Å². The van der Waals surface area contributed by atoms with Gasteiger partial charge in [0.25, 0.3) is 0 Å². The number of aryl methyl sites for hydroxylation is 1. The third kappa shape index (κ3) is 2.68. The van der Waals surface area contributed by atoms with Crippen molar-refractivity contribution in [2.75, 3.05) is 5.32 Å².